The van der Waals surface area contributed by atoms with Gasteiger partial charge in [-0.05, 0) is 30.4 Å². The van der Waals surface area contributed by atoms with Crippen LogP contribution >= 0.6 is 0 Å². The van der Waals surface area contributed by atoms with Crippen LogP contribution in [0.1, 0.15) is 42.7 Å². The summed E-state index contributed by atoms with van der Waals surface area (Å²) in [7, 11) is 0. The van der Waals surface area contributed by atoms with Gasteiger partial charge in [-0.2, -0.15) is 0 Å². The van der Waals surface area contributed by atoms with Crippen molar-refractivity contribution in [2.24, 2.45) is 5.41 Å². The van der Waals surface area contributed by atoms with Crippen molar-refractivity contribution < 1.29 is 9.53 Å². The number of carbonyl (C=O) groups excluding carboxylic acids is 1. The van der Waals surface area contributed by atoms with Gasteiger partial charge in [0.15, 0.2) is 5.78 Å². The number of carbonyl (C=O) groups is 1. The molecule has 2 heteroatoms. The Kier molecular flexibility index (Phi) is 2.67. The molecule has 2 bridgehead atoms. The van der Waals surface area contributed by atoms with Gasteiger partial charge in [0.25, 0.3) is 0 Å². The van der Waals surface area contributed by atoms with Gasteiger partial charge in [-0.3, -0.25) is 4.79 Å². The number of rotatable bonds is 2. The fraction of sp³-hybridized carbons (Fsp3) is 0.381. The number of benzene rings is 2. The van der Waals surface area contributed by atoms with Gasteiger partial charge in [-0.15, -0.1) is 0 Å². The fourth-order valence-corrected chi connectivity index (χ4v) is 5.08. The number of ether oxygens (including phenoxy) is 1. The van der Waals surface area contributed by atoms with Crippen molar-refractivity contribution in [3.8, 4) is 0 Å². The van der Waals surface area contributed by atoms with Crippen LogP contribution in [-0.4, -0.2) is 11.9 Å². The molecule has 1 spiro atoms. The van der Waals surface area contributed by atoms with Crippen molar-refractivity contribution in [2.75, 3.05) is 0 Å². The van der Waals surface area contributed by atoms with E-state index in [2.05, 4.69) is 54.6 Å². The number of ketones is 1. The molecule has 116 valence electrons. The first kappa shape index (κ1) is 13.5. The van der Waals surface area contributed by atoms with Gasteiger partial charge in [-0.1, -0.05) is 60.7 Å². The van der Waals surface area contributed by atoms with Gasteiger partial charge in [-0.25, -0.2) is 0 Å². The highest BCUT2D eigenvalue weighted by Crippen LogP contribution is 2.73. The summed E-state index contributed by atoms with van der Waals surface area (Å²) in [5, 5.41) is 0. The number of fused-ring (bicyclic) bond motifs is 3. The number of Topliss-reactive ketones (excluding diaryl/α,β-unsaturated/α-hetero) is 1. The van der Waals surface area contributed by atoms with Crippen molar-refractivity contribution in [2.45, 2.75) is 43.3 Å². The summed E-state index contributed by atoms with van der Waals surface area (Å²) < 4.78 is 6.58. The minimum Gasteiger partial charge on any atom is -0.358 e. The first-order valence-corrected chi connectivity index (χ1v) is 8.57. The highest BCUT2D eigenvalue weighted by atomic mass is 16.5. The van der Waals surface area contributed by atoms with Gasteiger partial charge in [0.05, 0.1) is 0 Å². The lowest BCUT2D eigenvalue weighted by Crippen LogP contribution is -2.38. The first-order valence-electron chi connectivity index (χ1n) is 8.57. The Morgan fingerprint density at radius 3 is 2.17 bits per heavy atom. The van der Waals surface area contributed by atoms with E-state index in [1.54, 1.807) is 0 Å². The summed E-state index contributed by atoms with van der Waals surface area (Å²) >= 11 is 0. The first-order chi connectivity index (χ1) is 11.3. The van der Waals surface area contributed by atoms with E-state index in [0.717, 1.165) is 19.3 Å². The molecule has 2 aromatic carbocycles. The van der Waals surface area contributed by atoms with Crippen LogP contribution in [0.5, 0.6) is 0 Å². The van der Waals surface area contributed by atoms with E-state index in [1.165, 1.54) is 11.1 Å². The molecule has 0 amide bonds. The molecule has 1 saturated carbocycles. The van der Waals surface area contributed by atoms with Crippen LogP contribution in [-0.2, 0) is 15.1 Å². The van der Waals surface area contributed by atoms with Crippen LogP contribution < -0.4 is 0 Å². The molecule has 0 N–H and O–H groups in total. The third kappa shape index (κ3) is 1.70. The second kappa shape index (κ2) is 4.55. The monoisotopic (exact) mass is 304 g/mol. The molecule has 3 aliphatic rings. The lowest BCUT2D eigenvalue weighted by molar-refractivity contribution is -0.149. The summed E-state index contributed by atoms with van der Waals surface area (Å²) in [5.41, 5.74) is 2.25. The van der Waals surface area contributed by atoms with E-state index in [1.807, 2.05) is 6.07 Å². The van der Waals surface area contributed by atoms with Gasteiger partial charge in [0, 0.05) is 17.8 Å². The van der Waals surface area contributed by atoms with Gasteiger partial charge in [0.1, 0.15) is 11.7 Å². The lowest BCUT2D eigenvalue weighted by Gasteiger charge is -2.38. The number of hydrogen-bond donors (Lipinski definition) is 0. The zero-order valence-corrected chi connectivity index (χ0v) is 13.1. The molecular weight excluding hydrogens is 284 g/mol. The van der Waals surface area contributed by atoms with Crippen molar-refractivity contribution in [1.82, 2.24) is 0 Å². The topological polar surface area (TPSA) is 26.3 Å². The number of hydrogen-bond acceptors (Lipinski definition) is 2. The van der Waals surface area contributed by atoms with E-state index >= 15 is 0 Å². The molecule has 23 heavy (non-hydrogen) atoms. The van der Waals surface area contributed by atoms with E-state index in [-0.39, 0.29) is 23.0 Å². The van der Waals surface area contributed by atoms with Gasteiger partial charge in [0.2, 0.25) is 0 Å². The highest BCUT2D eigenvalue weighted by Gasteiger charge is 2.72. The molecule has 3 atom stereocenters. The van der Waals surface area contributed by atoms with Crippen molar-refractivity contribution in [3.63, 3.8) is 0 Å². The fourth-order valence-electron chi connectivity index (χ4n) is 5.08. The van der Waals surface area contributed by atoms with Crippen LogP contribution in [0.25, 0.3) is 0 Å². The zero-order valence-electron chi connectivity index (χ0n) is 13.1. The Bertz CT molecular complexity index is 748. The summed E-state index contributed by atoms with van der Waals surface area (Å²) in [6, 6.07) is 21.2. The minimum atomic E-state index is -0.336. The lowest BCUT2D eigenvalue weighted by atomic mass is 9.70. The molecule has 2 aromatic rings. The standard InChI is InChI=1S/C21H20O2/c22-17-11-12-21(16-9-5-2-6-10-16)18(15-7-3-1-4-8-15)20(13-14-20)19(17)23-21/h1-10,18-19H,11-14H2/t18-,19+,21+/m1/s1. The molecule has 2 heterocycles. The predicted molar refractivity (Wildman–Crippen MR) is 88.1 cm³/mol. The molecule has 2 saturated heterocycles. The quantitative estimate of drug-likeness (QED) is 0.831. The maximum Gasteiger partial charge on any atom is 0.162 e. The van der Waals surface area contributed by atoms with Crippen molar-refractivity contribution in [3.05, 3.63) is 71.8 Å². The Morgan fingerprint density at radius 1 is 0.870 bits per heavy atom. The molecule has 0 unspecified atom stereocenters. The molecule has 1 aliphatic carbocycles. The van der Waals surface area contributed by atoms with Gasteiger partial charge >= 0.3 is 0 Å². The summed E-state index contributed by atoms with van der Waals surface area (Å²) in [4.78, 5) is 12.5. The maximum atomic E-state index is 12.5. The molecule has 2 nitrogen and oxygen atoms in total. The van der Waals surface area contributed by atoms with E-state index < -0.39 is 0 Å². The maximum absolute atomic E-state index is 12.5. The smallest absolute Gasteiger partial charge is 0.162 e. The van der Waals surface area contributed by atoms with Crippen LogP contribution in [0.2, 0.25) is 0 Å². The normalized spacial score (nSPS) is 33.8. The largest absolute Gasteiger partial charge is 0.358 e. The predicted octanol–water partition coefficient (Wildman–Crippen LogP) is 4.21. The Labute approximate surface area is 136 Å². The van der Waals surface area contributed by atoms with Crippen LogP contribution in [0.4, 0.5) is 0 Å². The van der Waals surface area contributed by atoms with E-state index in [4.69, 9.17) is 4.74 Å². The Balaban J connectivity index is 1.73. The molecule has 5 rings (SSSR count). The third-order valence-corrected chi connectivity index (χ3v) is 6.15. The second-order valence-corrected chi connectivity index (χ2v) is 7.30. The Hall–Kier alpha value is -1.93. The molecular formula is C21H20O2. The van der Waals surface area contributed by atoms with Crippen LogP contribution in [0.3, 0.4) is 0 Å². The Morgan fingerprint density at radius 2 is 1.52 bits per heavy atom. The summed E-state index contributed by atoms with van der Waals surface area (Å²) in [5.74, 6) is 0.600. The molecule has 0 aromatic heterocycles. The average Bonchev–Trinajstić information content (AvgIpc) is 3.34. The van der Waals surface area contributed by atoms with Gasteiger partial charge < -0.3 is 4.74 Å². The molecule has 2 aliphatic heterocycles. The molecule has 3 fully saturated rings. The zero-order chi connectivity index (χ0) is 15.5. The minimum absolute atomic E-state index is 0.0325. The van der Waals surface area contributed by atoms with E-state index in [9.17, 15) is 4.79 Å². The van der Waals surface area contributed by atoms with E-state index in [0.29, 0.717) is 12.2 Å². The summed E-state index contributed by atoms with van der Waals surface area (Å²) in [6.45, 7) is 0. The van der Waals surface area contributed by atoms with Crippen LogP contribution in [0, 0.1) is 5.41 Å². The van der Waals surface area contributed by atoms with Crippen molar-refractivity contribution in [1.29, 1.82) is 0 Å². The average molecular weight is 304 g/mol. The SMILES string of the molecule is O=C1CC[C@@]2(c3ccccc3)O[C@@H]1C1(CC1)[C@H]2c1ccccc1. The molecule has 0 radical (unpaired) electrons. The highest BCUT2D eigenvalue weighted by molar-refractivity contribution is 5.87. The van der Waals surface area contributed by atoms with Crippen molar-refractivity contribution >= 4 is 5.78 Å². The summed E-state index contributed by atoms with van der Waals surface area (Å²) in [6.07, 6.45) is 3.45. The second-order valence-electron chi connectivity index (χ2n) is 7.30. The van der Waals surface area contributed by atoms with Crippen LogP contribution in [0.15, 0.2) is 60.7 Å². The third-order valence-electron chi connectivity index (χ3n) is 6.15.